The van der Waals surface area contributed by atoms with Gasteiger partial charge < -0.3 is 4.90 Å². The van der Waals surface area contributed by atoms with Crippen molar-refractivity contribution in [1.82, 2.24) is 0 Å². The predicted octanol–water partition coefficient (Wildman–Crippen LogP) is 2.51. The lowest BCUT2D eigenvalue weighted by molar-refractivity contribution is -0.120. The molecule has 2 aliphatic rings. The van der Waals surface area contributed by atoms with Crippen molar-refractivity contribution in [2.24, 2.45) is 10.9 Å². The molecule has 0 spiro atoms. The van der Waals surface area contributed by atoms with Gasteiger partial charge in [0, 0.05) is 16.9 Å². The molecule has 2 aliphatic heterocycles. The number of hydrogen-bond donors (Lipinski definition) is 0. The molecule has 7 heteroatoms. The number of nitrogens with zero attached hydrogens (tertiary/aromatic N) is 2. The summed E-state index contributed by atoms with van der Waals surface area (Å²) >= 11 is 1.43. The fourth-order valence-corrected chi connectivity index (χ4v) is 7.03. The Morgan fingerprint density at radius 1 is 1.33 bits per heavy atom. The van der Waals surface area contributed by atoms with Crippen LogP contribution in [0.25, 0.3) is 0 Å². The summed E-state index contributed by atoms with van der Waals surface area (Å²) in [7, 11) is -3.04. The maximum Gasteiger partial charge on any atom is 0.250 e. The molecular formula is C17H22N2O3S2. The first kappa shape index (κ1) is 17.5. The Labute approximate surface area is 147 Å². The normalized spacial score (nSPS) is 27.0. The summed E-state index contributed by atoms with van der Waals surface area (Å²) in [5.74, 6) is -0.0653. The van der Waals surface area contributed by atoms with Gasteiger partial charge in [-0.1, -0.05) is 50.7 Å². The Morgan fingerprint density at radius 2 is 2.04 bits per heavy atom. The third-order valence-corrected chi connectivity index (χ3v) is 7.61. The van der Waals surface area contributed by atoms with Crippen molar-refractivity contribution in [3.8, 4) is 0 Å². The van der Waals surface area contributed by atoms with E-state index in [1.54, 1.807) is 0 Å². The molecule has 5 nitrogen and oxygen atoms in total. The fraction of sp³-hybridized carbons (Fsp3) is 0.529. The Kier molecular flexibility index (Phi) is 4.75. The van der Waals surface area contributed by atoms with Gasteiger partial charge in [-0.25, -0.2) is 8.42 Å². The second kappa shape index (κ2) is 6.52. The fourth-order valence-electron chi connectivity index (χ4n) is 3.11. The number of benzene rings is 1. The first-order valence-electron chi connectivity index (χ1n) is 8.19. The predicted molar refractivity (Wildman–Crippen MR) is 99.4 cm³/mol. The molecule has 0 N–H and O–H groups in total. The monoisotopic (exact) mass is 366 g/mol. The molecule has 0 saturated carbocycles. The molecule has 3 rings (SSSR count). The molecular weight excluding hydrogens is 344 g/mol. The molecule has 130 valence electrons. The highest BCUT2D eigenvalue weighted by Crippen LogP contribution is 2.42. The molecule has 0 aliphatic carbocycles. The van der Waals surface area contributed by atoms with Gasteiger partial charge in [-0.2, -0.15) is 4.99 Å². The summed E-state index contributed by atoms with van der Waals surface area (Å²) in [6, 6.07) is 7.80. The van der Waals surface area contributed by atoms with Crippen LogP contribution in [0.4, 0.5) is 5.69 Å². The highest BCUT2D eigenvalue weighted by Gasteiger charge is 2.49. The van der Waals surface area contributed by atoms with Gasteiger partial charge in [0.1, 0.15) is 0 Å². The number of anilines is 1. The quantitative estimate of drug-likeness (QED) is 0.822. The van der Waals surface area contributed by atoms with Crippen molar-refractivity contribution in [2.45, 2.75) is 38.5 Å². The van der Waals surface area contributed by atoms with Crippen LogP contribution in [0.2, 0.25) is 0 Å². The highest BCUT2D eigenvalue weighted by atomic mass is 32.2. The second-order valence-corrected chi connectivity index (χ2v) is 9.90. The van der Waals surface area contributed by atoms with Gasteiger partial charge in [0.25, 0.3) is 5.91 Å². The number of hydrogen-bond acceptors (Lipinski definition) is 4. The number of carbonyl (C=O) groups is 1. The van der Waals surface area contributed by atoms with Crippen LogP contribution in [0.3, 0.4) is 0 Å². The van der Waals surface area contributed by atoms with Crippen LogP contribution in [-0.4, -0.2) is 42.3 Å². The van der Waals surface area contributed by atoms with E-state index in [9.17, 15) is 13.2 Å². The average molecular weight is 367 g/mol. The molecule has 0 aromatic heterocycles. The van der Waals surface area contributed by atoms with Crippen LogP contribution >= 0.6 is 11.8 Å². The van der Waals surface area contributed by atoms with Crippen LogP contribution in [0, 0.1) is 5.92 Å². The summed E-state index contributed by atoms with van der Waals surface area (Å²) in [5.41, 5.74) is 2.10. The molecule has 2 unspecified atom stereocenters. The van der Waals surface area contributed by atoms with Crippen molar-refractivity contribution in [2.75, 3.05) is 16.4 Å². The zero-order chi connectivity index (χ0) is 17.5. The topological polar surface area (TPSA) is 66.8 Å². The van der Waals surface area contributed by atoms with Crippen molar-refractivity contribution < 1.29 is 13.2 Å². The van der Waals surface area contributed by atoms with Gasteiger partial charge in [-0.05, 0) is 18.1 Å². The van der Waals surface area contributed by atoms with Crippen molar-refractivity contribution >= 4 is 38.4 Å². The maximum atomic E-state index is 12.1. The minimum atomic E-state index is -3.04. The number of aryl methyl sites for hydroxylation is 1. The number of carbonyl (C=O) groups excluding carboxylic acids is 1. The molecule has 2 saturated heterocycles. The van der Waals surface area contributed by atoms with E-state index in [2.05, 4.69) is 11.9 Å². The number of rotatable bonds is 3. The van der Waals surface area contributed by atoms with E-state index in [0.29, 0.717) is 5.17 Å². The molecule has 1 aromatic rings. The smallest absolute Gasteiger partial charge is 0.250 e. The molecule has 2 fully saturated rings. The summed E-state index contributed by atoms with van der Waals surface area (Å²) in [5, 5.41) is 0.582. The average Bonchev–Trinajstić information content (AvgIpc) is 2.98. The molecule has 1 aromatic carbocycles. The number of sulfone groups is 1. The summed E-state index contributed by atoms with van der Waals surface area (Å²) < 4.78 is 24.1. The molecule has 2 atom stereocenters. The van der Waals surface area contributed by atoms with Crippen LogP contribution in [0.1, 0.15) is 26.3 Å². The number of thioether (sulfide) groups is 1. The van der Waals surface area contributed by atoms with Gasteiger partial charge >= 0.3 is 0 Å². The van der Waals surface area contributed by atoms with Crippen molar-refractivity contribution in [1.29, 1.82) is 0 Å². The van der Waals surface area contributed by atoms with E-state index in [4.69, 9.17) is 0 Å². The zero-order valence-corrected chi connectivity index (χ0v) is 15.7. The van der Waals surface area contributed by atoms with Crippen molar-refractivity contribution in [3.63, 3.8) is 0 Å². The standard InChI is InChI=1S/C17H22N2O3S2/c1-4-12-7-5-6-8-13(12)19-14-9-24(21,22)10-15(14)23-17(19)18-16(20)11(2)3/h5-8,11,14-15H,4,9-10H2,1-3H3. The summed E-state index contributed by atoms with van der Waals surface area (Å²) in [6.45, 7) is 5.71. The molecule has 1 amide bonds. The SMILES string of the molecule is CCc1ccccc1N1C(=NC(=O)C(C)C)SC2CS(=O)(=O)CC21. The third kappa shape index (κ3) is 3.24. The van der Waals surface area contributed by atoms with E-state index in [1.165, 1.54) is 11.8 Å². The van der Waals surface area contributed by atoms with E-state index in [1.807, 2.05) is 43.0 Å². The van der Waals surface area contributed by atoms with Crippen LogP contribution in [0.5, 0.6) is 0 Å². The van der Waals surface area contributed by atoms with E-state index < -0.39 is 9.84 Å². The number of fused-ring (bicyclic) bond motifs is 1. The van der Waals surface area contributed by atoms with Crippen LogP contribution in [0.15, 0.2) is 29.3 Å². The Balaban J connectivity index is 2.06. The third-order valence-electron chi connectivity index (χ3n) is 4.40. The molecule has 0 bridgehead atoms. The lowest BCUT2D eigenvalue weighted by atomic mass is 10.1. The second-order valence-electron chi connectivity index (χ2n) is 6.54. The number of para-hydroxylation sites is 1. The first-order valence-corrected chi connectivity index (χ1v) is 10.9. The van der Waals surface area contributed by atoms with Gasteiger partial charge in [-0.3, -0.25) is 4.79 Å². The first-order chi connectivity index (χ1) is 11.3. The van der Waals surface area contributed by atoms with Gasteiger partial charge in [0.15, 0.2) is 15.0 Å². The van der Waals surface area contributed by atoms with Crippen LogP contribution in [-0.2, 0) is 21.1 Å². The minimum Gasteiger partial charge on any atom is -0.315 e. The lowest BCUT2D eigenvalue weighted by Crippen LogP contribution is -2.38. The molecule has 24 heavy (non-hydrogen) atoms. The van der Waals surface area contributed by atoms with Gasteiger partial charge in [0.2, 0.25) is 0 Å². The van der Waals surface area contributed by atoms with E-state index >= 15 is 0 Å². The summed E-state index contributed by atoms with van der Waals surface area (Å²) in [6.07, 6.45) is 0.840. The molecule has 2 heterocycles. The van der Waals surface area contributed by atoms with E-state index in [0.717, 1.165) is 17.7 Å². The minimum absolute atomic E-state index is 0.0568. The van der Waals surface area contributed by atoms with E-state index in [-0.39, 0.29) is 34.6 Å². The Hall–Kier alpha value is -1.34. The number of aliphatic imine (C=N–C) groups is 1. The molecule has 0 radical (unpaired) electrons. The Bertz CT molecular complexity index is 787. The highest BCUT2D eigenvalue weighted by molar-refractivity contribution is 8.16. The maximum absolute atomic E-state index is 12.1. The summed E-state index contributed by atoms with van der Waals surface area (Å²) in [4.78, 5) is 18.4. The van der Waals surface area contributed by atoms with Crippen LogP contribution < -0.4 is 4.90 Å². The zero-order valence-electron chi connectivity index (χ0n) is 14.1. The van der Waals surface area contributed by atoms with Gasteiger partial charge in [-0.15, -0.1) is 0 Å². The lowest BCUT2D eigenvalue weighted by Gasteiger charge is -2.26. The number of amides is 1. The van der Waals surface area contributed by atoms with Crippen molar-refractivity contribution in [3.05, 3.63) is 29.8 Å². The largest absolute Gasteiger partial charge is 0.315 e. The number of amidine groups is 1. The van der Waals surface area contributed by atoms with Gasteiger partial charge in [0.05, 0.1) is 17.5 Å². The Morgan fingerprint density at radius 3 is 2.71 bits per heavy atom.